The molecule has 0 spiro atoms. The first-order valence-electron chi connectivity index (χ1n) is 9.71. The Morgan fingerprint density at radius 3 is 2.56 bits per heavy atom. The Bertz CT molecular complexity index is 378. The summed E-state index contributed by atoms with van der Waals surface area (Å²) >= 11 is 0. The summed E-state index contributed by atoms with van der Waals surface area (Å²) in [5.74, 6) is -0.398. The van der Waals surface area contributed by atoms with Crippen LogP contribution in [0.1, 0.15) is 84.0 Å². The van der Waals surface area contributed by atoms with Crippen molar-refractivity contribution in [2.75, 3.05) is 13.1 Å². The number of aliphatic hydroxyl groups is 1. The highest BCUT2D eigenvalue weighted by atomic mass is 35.5. The van der Waals surface area contributed by atoms with E-state index in [1.807, 2.05) is 0 Å². The van der Waals surface area contributed by atoms with Gasteiger partial charge in [0.1, 0.15) is 0 Å². The molecular weight excluding hydrogens is 342 g/mol. The molecule has 2 N–H and O–H groups in total. The number of unbranched alkanes of at least 4 members (excludes halogenated alkanes) is 5. The summed E-state index contributed by atoms with van der Waals surface area (Å²) in [4.78, 5) is 24.8. The second-order valence-corrected chi connectivity index (χ2v) is 7.05. The van der Waals surface area contributed by atoms with Crippen molar-refractivity contribution in [1.29, 1.82) is 0 Å². The minimum atomic E-state index is -0.732. The van der Waals surface area contributed by atoms with Gasteiger partial charge in [-0.25, -0.2) is 0 Å². The van der Waals surface area contributed by atoms with E-state index in [9.17, 15) is 14.7 Å². The molecule has 5 nitrogen and oxygen atoms in total. The molecule has 0 bridgehead atoms. The number of ketones is 1. The van der Waals surface area contributed by atoms with Gasteiger partial charge in [-0.1, -0.05) is 45.4 Å². The standard InChI is InChI=1S/C19H35NO4.ClH/c1-2-3-6-9-16(21)12-14-20-15-13-18(22)17(20)10-7-4-5-8-11-19(23)24;/h16-17,21H,2-15H2,1H3,(H,23,24);1H. The average molecular weight is 378 g/mol. The van der Waals surface area contributed by atoms with Crippen LogP contribution in [0.25, 0.3) is 0 Å². The van der Waals surface area contributed by atoms with Gasteiger partial charge in [0.15, 0.2) is 5.78 Å². The van der Waals surface area contributed by atoms with E-state index in [4.69, 9.17) is 5.11 Å². The Balaban J connectivity index is 0.00000576. The van der Waals surface area contributed by atoms with Gasteiger partial charge < -0.3 is 10.2 Å². The number of carboxylic acid groups (broad SMARTS) is 1. The first-order valence-corrected chi connectivity index (χ1v) is 9.71. The van der Waals surface area contributed by atoms with Gasteiger partial charge in [-0.2, -0.15) is 0 Å². The van der Waals surface area contributed by atoms with Gasteiger partial charge >= 0.3 is 5.97 Å². The molecule has 1 aliphatic heterocycles. The number of halogens is 1. The van der Waals surface area contributed by atoms with Crippen molar-refractivity contribution in [3.63, 3.8) is 0 Å². The van der Waals surface area contributed by atoms with Gasteiger partial charge in [0.05, 0.1) is 12.1 Å². The molecular formula is C19H36ClNO4. The fourth-order valence-electron chi connectivity index (χ4n) is 3.45. The second-order valence-electron chi connectivity index (χ2n) is 7.05. The molecule has 1 heterocycles. The molecule has 0 radical (unpaired) electrons. The number of aliphatic carboxylic acids is 1. The zero-order chi connectivity index (χ0) is 17.8. The van der Waals surface area contributed by atoms with Gasteiger partial charge in [0.25, 0.3) is 0 Å². The quantitative estimate of drug-likeness (QED) is 0.450. The minimum Gasteiger partial charge on any atom is -0.481 e. The molecule has 25 heavy (non-hydrogen) atoms. The molecule has 0 aromatic carbocycles. The summed E-state index contributed by atoms with van der Waals surface area (Å²) < 4.78 is 0. The highest BCUT2D eigenvalue weighted by Crippen LogP contribution is 2.21. The monoisotopic (exact) mass is 377 g/mol. The summed E-state index contributed by atoms with van der Waals surface area (Å²) in [5, 5.41) is 18.7. The molecule has 2 unspecified atom stereocenters. The lowest BCUT2D eigenvalue weighted by atomic mass is 10.0. The van der Waals surface area contributed by atoms with E-state index < -0.39 is 5.97 Å². The Kier molecular flexibility index (Phi) is 14.1. The summed E-state index contributed by atoms with van der Waals surface area (Å²) in [5.41, 5.74) is 0. The maximum absolute atomic E-state index is 12.1. The maximum atomic E-state index is 12.1. The lowest BCUT2D eigenvalue weighted by Crippen LogP contribution is -2.35. The smallest absolute Gasteiger partial charge is 0.303 e. The van der Waals surface area contributed by atoms with Crippen LogP contribution in [-0.2, 0) is 9.59 Å². The predicted octanol–water partition coefficient (Wildman–Crippen LogP) is 3.81. The van der Waals surface area contributed by atoms with Crippen molar-refractivity contribution in [3.8, 4) is 0 Å². The number of Topliss-reactive ketones (excluding diaryl/α,β-unsaturated/α-hetero) is 1. The Morgan fingerprint density at radius 2 is 1.88 bits per heavy atom. The van der Waals surface area contributed by atoms with Crippen molar-refractivity contribution in [2.24, 2.45) is 0 Å². The molecule has 0 saturated carbocycles. The third-order valence-electron chi connectivity index (χ3n) is 4.97. The lowest BCUT2D eigenvalue weighted by molar-refractivity contribution is -0.137. The van der Waals surface area contributed by atoms with E-state index in [1.54, 1.807) is 0 Å². The van der Waals surface area contributed by atoms with E-state index >= 15 is 0 Å². The number of nitrogens with zero attached hydrogens (tertiary/aromatic N) is 1. The first kappa shape index (κ1) is 24.4. The zero-order valence-corrected chi connectivity index (χ0v) is 16.4. The fraction of sp³-hybridized carbons (Fsp3) is 0.895. The van der Waals surface area contributed by atoms with Crippen molar-refractivity contribution in [2.45, 2.75) is 96.1 Å². The number of hydrogen-bond donors (Lipinski definition) is 2. The van der Waals surface area contributed by atoms with E-state index in [2.05, 4.69) is 11.8 Å². The molecule has 1 rings (SSSR count). The van der Waals surface area contributed by atoms with E-state index in [0.717, 1.165) is 64.5 Å². The van der Waals surface area contributed by atoms with Crippen LogP contribution >= 0.6 is 12.4 Å². The van der Waals surface area contributed by atoms with Crippen molar-refractivity contribution >= 4 is 24.2 Å². The molecule has 6 heteroatoms. The van der Waals surface area contributed by atoms with Crippen molar-refractivity contribution < 1.29 is 19.8 Å². The summed E-state index contributed by atoms with van der Waals surface area (Å²) in [6.07, 6.45) is 10.2. The van der Waals surface area contributed by atoms with E-state index in [0.29, 0.717) is 12.2 Å². The number of hydrogen-bond acceptors (Lipinski definition) is 4. The molecule has 2 atom stereocenters. The number of likely N-dealkylation sites (tertiary alicyclic amines) is 1. The normalized spacial score (nSPS) is 19.0. The Hall–Kier alpha value is -0.650. The van der Waals surface area contributed by atoms with Gasteiger partial charge in [-0.15, -0.1) is 12.4 Å². The van der Waals surface area contributed by atoms with Crippen molar-refractivity contribution in [1.82, 2.24) is 4.90 Å². The molecule has 1 saturated heterocycles. The van der Waals surface area contributed by atoms with Crippen LogP contribution in [0.15, 0.2) is 0 Å². The summed E-state index contributed by atoms with van der Waals surface area (Å²) in [7, 11) is 0. The molecule has 0 amide bonds. The number of carbonyl (C=O) groups is 2. The molecule has 1 fully saturated rings. The topological polar surface area (TPSA) is 77.8 Å². The Morgan fingerprint density at radius 1 is 1.16 bits per heavy atom. The molecule has 1 aliphatic rings. The average Bonchev–Trinajstić information content (AvgIpc) is 2.89. The molecule has 148 valence electrons. The molecule has 0 aliphatic carbocycles. The lowest BCUT2D eigenvalue weighted by Gasteiger charge is -2.24. The molecule has 0 aromatic heterocycles. The third kappa shape index (κ3) is 10.8. The van der Waals surface area contributed by atoms with Crippen LogP contribution in [0.2, 0.25) is 0 Å². The largest absolute Gasteiger partial charge is 0.481 e. The van der Waals surface area contributed by atoms with Gasteiger partial charge in [-0.05, 0) is 25.7 Å². The number of carboxylic acids is 1. The Labute approximate surface area is 158 Å². The van der Waals surface area contributed by atoms with Crippen LogP contribution in [0.3, 0.4) is 0 Å². The van der Waals surface area contributed by atoms with Crippen molar-refractivity contribution in [3.05, 3.63) is 0 Å². The van der Waals surface area contributed by atoms with Gasteiger partial charge in [0.2, 0.25) is 0 Å². The maximum Gasteiger partial charge on any atom is 0.303 e. The molecule has 0 aromatic rings. The van der Waals surface area contributed by atoms with Crippen LogP contribution < -0.4 is 0 Å². The van der Waals surface area contributed by atoms with Crippen LogP contribution in [0.4, 0.5) is 0 Å². The highest BCUT2D eigenvalue weighted by molar-refractivity contribution is 5.86. The van der Waals surface area contributed by atoms with Crippen LogP contribution in [-0.4, -0.2) is 52.1 Å². The first-order chi connectivity index (χ1) is 11.5. The van der Waals surface area contributed by atoms with E-state index in [1.165, 1.54) is 12.8 Å². The second kappa shape index (κ2) is 14.5. The number of rotatable bonds is 14. The summed E-state index contributed by atoms with van der Waals surface area (Å²) in [6.45, 7) is 3.79. The number of aliphatic hydroxyl groups excluding tert-OH is 1. The third-order valence-corrected chi connectivity index (χ3v) is 4.97. The van der Waals surface area contributed by atoms with Gasteiger partial charge in [0, 0.05) is 25.9 Å². The fourth-order valence-corrected chi connectivity index (χ4v) is 3.45. The predicted molar refractivity (Wildman–Crippen MR) is 102 cm³/mol. The SMILES string of the molecule is CCCCCC(O)CCN1CCC(=O)C1CCCCCCC(=O)O.Cl. The zero-order valence-electron chi connectivity index (χ0n) is 15.6. The van der Waals surface area contributed by atoms with E-state index in [-0.39, 0.29) is 31.0 Å². The minimum absolute atomic E-state index is 0. The summed E-state index contributed by atoms with van der Waals surface area (Å²) in [6, 6.07) is 0.0207. The van der Waals surface area contributed by atoms with Crippen LogP contribution in [0.5, 0.6) is 0 Å². The van der Waals surface area contributed by atoms with Crippen LogP contribution in [0, 0.1) is 0 Å². The van der Waals surface area contributed by atoms with Gasteiger partial charge in [-0.3, -0.25) is 14.5 Å². The highest BCUT2D eigenvalue weighted by Gasteiger charge is 2.31. The number of carbonyl (C=O) groups excluding carboxylic acids is 1.